The van der Waals surface area contributed by atoms with Crippen molar-refractivity contribution >= 4 is 41.5 Å². The first-order valence-electron chi connectivity index (χ1n) is 28.3. The molecule has 26 heteroatoms. The molecule has 0 saturated heterocycles. The second-order valence-corrected chi connectivity index (χ2v) is 19.0. The average molecular weight is 1190 g/mol. The Balaban J connectivity index is 0.767. The van der Waals surface area contributed by atoms with Crippen LogP contribution in [0.15, 0.2) is 53.3 Å². The Morgan fingerprint density at radius 3 is 1.67 bits per heavy atom. The topological polar surface area (TPSA) is 258 Å². The molecule has 3 amide bonds. The van der Waals surface area contributed by atoms with E-state index in [-0.39, 0.29) is 76.4 Å². The van der Waals surface area contributed by atoms with Crippen LogP contribution in [0, 0.1) is 23.3 Å². The van der Waals surface area contributed by atoms with Crippen molar-refractivity contribution in [1.82, 2.24) is 20.5 Å². The van der Waals surface area contributed by atoms with Gasteiger partial charge in [-0.3, -0.25) is 19.4 Å². The van der Waals surface area contributed by atoms with Gasteiger partial charge in [0.25, 0.3) is 0 Å². The van der Waals surface area contributed by atoms with Crippen molar-refractivity contribution in [3.63, 3.8) is 0 Å². The molecule has 0 atom stereocenters. The number of aliphatic imine (C=N–C) groups is 1. The molecule has 2 heterocycles. The van der Waals surface area contributed by atoms with E-state index < -0.39 is 47.5 Å². The van der Waals surface area contributed by atoms with Crippen molar-refractivity contribution in [2.45, 2.75) is 70.9 Å². The number of amides is 3. The van der Waals surface area contributed by atoms with Gasteiger partial charge in [-0.25, -0.2) is 18.6 Å². The Kier molecular flexibility index (Phi) is 33.4. The number of esters is 1. The van der Waals surface area contributed by atoms with Crippen LogP contribution >= 0.6 is 0 Å². The summed E-state index contributed by atoms with van der Waals surface area (Å²) in [5, 5.41) is 5.71. The van der Waals surface area contributed by atoms with Crippen LogP contribution in [0.3, 0.4) is 0 Å². The Bertz CT molecular complexity index is 2500. The molecule has 2 aliphatic rings. The van der Waals surface area contributed by atoms with Gasteiger partial charge in [0.15, 0.2) is 11.6 Å². The van der Waals surface area contributed by atoms with E-state index in [2.05, 4.69) is 25.3 Å². The standard InChI is InChI=1S/C58H80F4N6O16/c1-2-12-68(13-4-11-65-58(72)83-47-5-3-6-47)57(71)45-35-44-8-7-43(36-50(44)67-51(63)37-45)46-34-42(39-64-41-46)40-66-52(69)9-14-73-16-18-75-20-22-77-24-26-79-28-30-81-32-33-82-31-29-80-27-25-78-23-21-76-19-17-74-15-10-53(70)84-56-54(61)48(59)38-49(60)55(56)62/h7-8,34-36,38-39,41,47H,2-6,9-33,37,40H2,1H3,(H2,63,67)(H,65,72)(H,66,69). The summed E-state index contributed by atoms with van der Waals surface area (Å²) in [5.74, 6) is -9.49. The van der Waals surface area contributed by atoms with Gasteiger partial charge in [-0.05, 0) is 61.4 Å². The van der Waals surface area contributed by atoms with E-state index in [0.29, 0.717) is 142 Å². The molecule has 1 aromatic heterocycles. The van der Waals surface area contributed by atoms with E-state index in [1.807, 2.05) is 37.3 Å². The molecule has 84 heavy (non-hydrogen) atoms. The molecule has 1 aliphatic heterocycles. The Hall–Kier alpha value is -6.20. The lowest BCUT2D eigenvalue weighted by Gasteiger charge is -2.25. The zero-order chi connectivity index (χ0) is 60.0. The molecule has 4 N–H and O–H groups in total. The summed E-state index contributed by atoms with van der Waals surface area (Å²) in [6, 6.07) is 7.74. The normalized spacial score (nSPS) is 13.1. The number of aromatic nitrogens is 1. The van der Waals surface area contributed by atoms with E-state index in [1.165, 1.54) is 0 Å². The first-order chi connectivity index (χ1) is 40.9. The van der Waals surface area contributed by atoms with Gasteiger partial charge in [0.1, 0.15) is 11.9 Å². The highest BCUT2D eigenvalue weighted by molar-refractivity contribution is 6.05. The minimum atomic E-state index is -1.80. The van der Waals surface area contributed by atoms with Gasteiger partial charge in [-0.1, -0.05) is 19.1 Å². The maximum absolute atomic E-state index is 13.8. The van der Waals surface area contributed by atoms with E-state index in [4.69, 9.17) is 57.8 Å². The molecule has 22 nitrogen and oxygen atoms in total. The van der Waals surface area contributed by atoms with Crippen molar-refractivity contribution in [3.05, 3.63) is 82.7 Å². The van der Waals surface area contributed by atoms with Crippen molar-refractivity contribution in [3.8, 4) is 16.9 Å². The summed E-state index contributed by atoms with van der Waals surface area (Å²) < 4.78 is 118. The molecule has 3 aromatic rings. The lowest BCUT2D eigenvalue weighted by atomic mass is 9.96. The number of nitrogens with two attached hydrogens (primary N) is 1. The first-order valence-corrected chi connectivity index (χ1v) is 28.3. The highest BCUT2D eigenvalue weighted by atomic mass is 19.2. The van der Waals surface area contributed by atoms with Gasteiger partial charge in [0.2, 0.25) is 29.2 Å². The fourth-order valence-electron chi connectivity index (χ4n) is 7.88. The third kappa shape index (κ3) is 27.2. The lowest BCUT2D eigenvalue weighted by Crippen LogP contribution is -2.37. The first kappa shape index (κ1) is 68.6. The van der Waals surface area contributed by atoms with Gasteiger partial charge in [0, 0.05) is 74.2 Å². The number of pyridine rings is 1. The molecule has 2 aromatic carbocycles. The second kappa shape index (κ2) is 41.0. The SMILES string of the molecule is CCCN(CCCNC(=O)OC1CCC1)C(=O)C1=Cc2ccc(-c3cncc(CNC(=O)CCOCCOCCOCCOCCOCCOCCOCCOCCOCCOCCC(=O)Oc4c(F)c(F)cc(F)c4F)c3)cc2N=C(N)C1. The number of carbonyl (C=O) groups excluding carboxylic acids is 4. The molecule has 466 valence electrons. The highest BCUT2D eigenvalue weighted by Crippen LogP contribution is 2.33. The van der Waals surface area contributed by atoms with Crippen LogP contribution in [-0.4, -0.2) is 197 Å². The summed E-state index contributed by atoms with van der Waals surface area (Å²) in [7, 11) is 0. The van der Waals surface area contributed by atoms with Crippen molar-refractivity contribution in [2.24, 2.45) is 10.7 Å². The number of hydrogen-bond acceptors (Lipinski definition) is 19. The summed E-state index contributed by atoms with van der Waals surface area (Å²) in [4.78, 5) is 61.0. The predicted molar refractivity (Wildman–Crippen MR) is 298 cm³/mol. The number of hydrogen-bond donors (Lipinski definition) is 3. The maximum atomic E-state index is 13.8. The Morgan fingerprint density at radius 2 is 1.15 bits per heavy atom. The van der Waals surface area contributed by atoms with Crippen LogP contribution in [0.2, 0.25) is 0 Å². The van der Waals surface area contributed by atoms with Crippen LogP contribution in [0.5, 0.6) is 5.75 Å². The minimum absolute atomic E-state index is 0.0134. The quantitative estimate of drug-likeness (QED) is 0.0188. The van der Waals surface area contributed by atoms with E-state index in [1.54, 1.807) is 17.3 Å². The number of ether oxygens (including phenoxy) is 12. The number of carbonyl (C=O) groups is 4. The molecule has 1 fully saturated rings. The fourth-order valence-corrected chi connectivity index (χ4v) is 7.88. The van der Waals surface area contributed by atoms with Crippen molar-refractivity contribution in [1.29, 1.82) is 0 Å². The zero-order valence-electron chi connectivity index (χ0n) is 47.8. The molecular weight excluding hydrogens is 1110 g/mol. The predicted octanol–water partition coefficient (Wildman–Crippen LogP) is 6.16. The third-order valence-electron chi connectivity index (χ3n) is 12.4. The molecule has 1 saturated carbocycles. The van der Waals surface area contributed by atoms with Gasteiger partial charge in [-0.15, -0.1) is 0 Å². The molecule has 0 bridgehead atoms. The fraction of sp³-hybridized carbons (Fsp3) is 0.586. The largest absolute Gasteiger partial charge is 0.446 e. The Labute approximate surface area is 487 Å². The van der Waals surface area contributed by atoms with Crippen LogP contribution < -0.4 is 21.1 Å². The molecule has 5 rings (SSSR count). The van der Waals surface area contributed by atoms with Crippen LogP contribution in [0.25, 0.3) is 17.2 Å². The van der Waals surface area contributed by atoms with Crippen molar-refractivity contribution < 1.29 is 93.6 Å². The molecule has 0 radical (unpaired) electrons. The van der Waals surface area contributed by atoms with E-state index >= 15 is 0 Å². The minimum Gasteiger partial charge on any atom is -0.446 e. The summed E-state index contributed by atoms with van der Waals surface area (Å²) >= 11 is 0. The van der Waals surface area contributed by atoms with E-state index in [0.717, 1.165) is 47.9 Å². The number of amidine groups is 1. The van der Waals surface area contributed by atoms with Crippen molar-refractivity contribution in [2.75, 3.05) is 152 Å². The number of rotatable bonds is 45. The van der Waals surface area contributed by atoms with E-state index in [9.17, 15) is 36.7 Å². The highest BCUT2D eigenvalue weighted by Gasteiger charge is 2.25. The molecule has 0 unspecified atom stereocenters. The third-order valence-corrected chi connectivity index (χ3v) is 12.4. The van der Waals surface area contributed by atoms with Gasteiger partial charge in [0.05, 0.1) is 144 Å². The molecule has 1 aliphatic carbocycles. The maximum Gasteiger partial charge on any atom is 0.407 e. The summed E-state index contributed by atoms with van der Waals surface area (Å²) in [6.45, 7) is 10.2. The zero-order valence-corrected chi connectivity index (χ0v) is 47.8. The van der Waals surface area contributed by atoms with Crippen LogP contribution in [0.4, 0.5) is 28.0 Å². The second-order valence-electron chi connectivity index (χ2n) is 19.0. The number of nitrogens with zero attached hydrogens (tertiary/aromatic N) is 3. The van der Waals surface area contributed by atoms with Crippen LogP contribution in [0.1, 0.15) is 69.4 Å². The monoisotopic (exact) mass is 1190 g/mol. The van der Waals surface area contributed by atoms with Crippen LogP contribution in [-0.2, 0) is 73.0 Å². The Morgan fingerprint density at radius 1 is 0.631 bits per heavy atom. The lowest BCUT2D eigenvalue weighted by molar-refractivity contribution is -0.136. The van der Waals surface area contributed by atoms with Gasteiger partial charge in [-0.2, -0.15) is 8.78 Å². The van der Waals surface area contributed by atoms with Gasteiger partial charge < -0.3 is 78.1 Å². The summed E-state index contributed by atoms with van der Waals surface area (Å²) in [6.07, 6.45) is 9.14. The number of alkyl carbamates (subject to hydrolysis) is 1. The number of fused-ring (bicyclic) bond motifs is 1. The number of nitrogens with one attached hydrogen (secondary N) is 2. The number of halogens is 4. The molecule has 0 spiro atoms. The molecular formula is C58H80F4N6O16. The summed E-state index contributed by atoms with van der Waals surface area (Å²) in [5.41, 5.74) is 10.8. The number of benzene rings is 2. The van der Waals surface area contributed by atoms with Gasteiger partial charge >= 0.3 is 12.1 Å². The average Bonchev–Trinajstić information content (AvgIpc) is 3.53. The smallest absolute Gasteiger partial charge is 0.407 e.